The lowest BCUT2D eigenvalue weighted by Crippen LogP contribution is -2.49. The Morgan fingerprint density at radius 1 is 1.00 bits per heavy atom. The van der Waals surface area contributed by atoms with E-state index < -0.39 is 0 Å². The maximum atomic E-state index is 12.7. The summed E-state index contributed by atoms with van der Waals surface area (Å²) in [6, 6.07) is 15.4. The van der Waals surface area contributed by atoms with Crippen molar-refractivity contribution in [1.82, 2.24) is 24.7 Å². The Hall–Kier alpha value is -3.25. The Kier molecular flexibility index (Phi) is 4.93. The molecule has 0 spiro atoms. The molecule has 5 rings (SSSR count). The molecule has 1 aliphatic heterocycles. The molecule has 152 valence electrons. The summed E-state index contributed by atoms with van der Waals surface area (Å²) >= 11 is 0. The first-order valence-electron chi connectivity index (χ1n) is 9.81. The standard InChI is InChI=1S/C21H21N6O2P/c28-20(14-15-4-1-2-6-17(15)30)26-11-9-25(10-12-26)19-8-7-18-22-23-21(27(18)24-19)16-5-3-13-29-16/h1-8,13H,9-12,14,30H2. The minimum absolute atomic E-state index is 0.159. The zero-order valence-corrected chi connectivity index (χ0v) is 17.5. The van der Waals surface area contributed by atoms with Crippen molar-refractivity contribution in [3.8, 4) is 11.6 Å². The van der Waals surface area contributed by atoms with Gasteiger partial charge in [-0.3, -0.25) is 4.79 Å². The van der Waals surface area contributed by atoms with Crippen molar-refractivity contribution in [2.75, 3.05) is 31.1 Å². The van der Waals surface area contributed by atoms with Gasteiger partial charge in [-0.15, -0.1) is 24.5 Å². The highest BCUT2D eigenvalue weighted by Crippen LogP contribution is 2.20. The van der Waals surface area contributed by atoms with Gasteiger partial charge >= 0.3 is 0 Å². The molecule has 30 heavy (non-hydrogen) atoms. The van der Waals surface area contributed by atoms with Gasteiger partial charge < -0.3 is 14.2 Å². The summed E-state index contributed by atoms with van der Waals surface area (Å²) < 4.78 is 7.14. The molecule has 0 aliphatic carbocycles. The molecule has 1 aromatic carbocycles. The van der Waals surface area contributed by atoms with Crippen LogP contribution < -0.4 is 10.2 Å². The normalized spacial score (nSPS) is 14.4. The number of fused-ring (bicyclic) bond motifs is 1. The predicted octanol–water partition coefficient (Wildman–Crippen LogP) is 1.78. The number of amides is 1. The van der Waals surface area contributed by atoms with E-state index in [9.17, 15) is 4.79 Å². The molecular weight excluding hydrogens is 399 g/mol. The van der Waals surface area contributed by atoms with Crippen LogP contribution in [-0.4, -0.2) is 56.8 Å². The molecule has 1 aliphatic rings. The molecule has 1 amide bonds. The largest absolute Gasteiger partial charge is 0.461 e. The van der Waals surface area contributed by atoms with E-state index >= 15 is 0 Å². The van der Waals surface area contributed by atoms with Crippen LogP contribution in [0.1, 0.15) is 5.56 Å². The highest BCUT2D eigenvalue weighted by molar-refractivity contribution is 7.27. The number of furan rings is 1. The van der Waals surface area contributed by atoms with Gasteiger partial charge in [0.1, 0.15) is 5.82 Å². The zero-order valence-electron chi connectivity index (χ0n) is 16.3. The molecular formula is C21H21N6O2P. The second kappa shape index (κ2) is 7.88. The van der Waals surface area contributed by atoms with Gasteiger partial charge in [0.2, 0.25) is 11.7 Å². The van der Waals surface area contributed by atoms with Crippen molar-refractivity contribution in [3.05, 3.63) is 60.4 Å². The van der Waals surface area contributed by atoms with Crippen LogP contribution in [0.5, 0.6) is 0 Å². The third kappa shape index (κ3) is 3.55. The van der Waals surface area contributed by atoms with E-state index in [-0.39, 0.29) is 5.91 Å². The number of carbonyl (C=O) groups is 1. The second-order valence-corrected chi connectivity index (χ2v) is 7.83. The van der Waals surface area contributed by atoms with Crippen molar-refractivity contribution < 1.29 is 9.21 Å². The van der Waals surface area contributed by atoms with Gasteiger partial charge in [-0.05, 0) is 35.1 Å². The summed E-state index contributed by atoms with van der Waals surface area (Å²) in [6.45, 7) is 2.80. The van der Waals surface area contributed by atoms with Crippen LogP contribution in [0.2, 0.25) is 0 Å². The first-order valence-corrected chi connectivity index (χ1v) is 10.4. The lowest BCUT2D eigenvalue weighted by atomic mass is 10.1. The Labute approximate surface area is 175 Å². The van der Waals surface area contributed by atoms with Crippen LogP contribution in [0.3, 0.4) is 0 Å². The van der Waals surface area contributed by atoms with Gasteiger partial charge in [-0.25, -0.2) is 0 Å². The molecule has 4 heterocycles. The van der Waals surface area contributed by atoms with E-state index in [0.717, 1.165) is 29.8 Å². The van der Waals surface area contributed by atoms with Crippen molar-refractivity contribution in [3.63, 3.8) is 0 Å². The molecule has 0 saturated carbocycles. The van der Waals surface area contributed by atoms with Crippen LogP contribution in [0.15, 0.2) is 59.2 Å². The number of piperazine rings is 1. The molecule has 1 saturated heterocycles. The second-order valence-electron chi connectivity index (χ2n) is 7.21. The van der Waals surface area contributed by atoms with Gasteiger partial charge in [-0.1, -0.05) is 24.3 Å². The third-order valence-electron chi connectivity index (χ3n) is 5.34. The van der Waals surface area contributed by atoms with E-state index in [2.05, 4.69) is 24.3 Å². The molecule has 0 radical (unpaired) electrons. The SMILES string of the molecule is O=C(Cc1ccccc1P)N1CCN(c2ccc3nnc(-c4ccco4)n3n2)CC1. The van der Waals surface area contributed by atoms with Gasteiger partial charge in [0.05, 0.1) is 12.7 Å². The maximum Gasteiger partial charge on any atom is 0.227 e. The number of anilines is 1. The van der Waals surface area contributed by atoms with Crippen molar-refractivity contribution in [1.29, 1.82) is 0 Å². The van der Waals surface area contributed by atoms with Gasteiger partial charge in [-0.2, -0.15) is 4.52 Å². The van der Waals surface area contributed by atoms with E-state index in [1.54, 1.807) is 10.8 Å². The molecule has 1 atom stereocenters. The van der Waals surface area contributed by atoms with Crippen molar-refractivity contribution >= 4 is 31.9 Å². The fourth-order valence-electron chi connectivity index (χ4n) is 3.66. The molecule has 0 bridgehead atoms. The summed E-state index contributed by atoms with van der Waals surface area (Å²) in [4.78, 5) is 16.8. The van der Waals surface area contributed by atoms with Crippen LogP contribution in [0, 0.1) is 0 Å². The lowest BCUT2D eigenvalue weighted by molar-refractivity contribution is -0.130. The predicted molar refractivity (Wildman–Crippen MR) is 117 cm³/mol. The van der Waals surface area contributed by atoms with E-state index in [4.69, 9.17) is 9.52 Å². The molecule has 1 unspecified atom stereocenters. The summed E-state index contributed by atoms with van der Waals surface area (Å²) in [6.07, 6.45) is 2.03. The Bertz CT molecular complexity index is 1180. The minimum atomic E-state index is 0.159. The first-order chi connectivity index (χ1) is 14.7. The van der Waals surface area contributed by atoms with E-state index in [0.29, 0.717) is 36.7 Å². The monoisotopic (exact) mass is 420 g/mol. The molecule has 4 aromatic rings. The number of hydrogen-bond acceptors (Lipinski definition) is 6. The fourth-order valence-corrected chi connectivity index (χ4v) is 3.97. The topological polar surface area (TPSA) is 79.8 Å². The Balaban J connectivity index is 1.28. The summed E-state index contributed by atoms with van der Waals surface area (Å²) in [5.41, 5.74) is 1.72. The zero-order chi connectivity index (χ0) is 20.5. The van der Waals surface area contributed by atoms with Crippen LogP contribution in [-0.2, 0) is 11.2 Å². The summed E-state index contributed by atoms with van der Waals surface area (Å²) in [5.74, 6) is 2.18. The number of nitrogens with zero attached hydrogens (tertiary/aromatic N) is 6. The molecule has 1 fully saturated rings. The number of carbonyl (C=O) groups excluding carboxylic acids is 1. The highest BCUT2D eigenvalue weighted by Gasteiger charge is 2.23. The quantitative estimate of drug-likeness (QED) is 0.469. The highest BCUT2D eigenvalue weighted by atomic mass is 31.0. The fraction of sp³-hybridized carbons (Fsp3) is 0.238. The van der Waals surface area contributed by atoms with Crippen LogP contribution >= 0.6 is 9.24 Å². The van der Waals surface area contributed by atoms with Gasteiger partial charge in [0.25, 0.3) is 0 Å². The Morgan fingerprint density at radius 2 is 1.83 bits per heavy atom. The smallest absolute Gasteiger partial charge is 0.227 e. The molecule has 9 heteroatoms. The molecule has 0 N–H and O–H groups in total. The molecule has 3 aromatic heterocycles. The van der Waals surface area contributed by atoms with Crippen LogP contribution in [0.25, 0.3) is 17.2 Å². The van der Waals surface area contributed by atoms with Crippen molar-refractivity contribution in [2.24, 2.45) is 0 Å². The van der Waals surface area contributed by atoms with E-state index in [1.165, 1.54) is 0 Å². The van der Waals surface area contributed by atoms with Crippen molar-refractivity contribution in [2.45, 2.75) is 6.42 Å². The number of rotatable bonds is 4. The maximum absolute atomic E-state index is 12.7. The number of hydrogen-bond donors (Lipinski definition) is 0. The van der Waals surface area contributed by atoms with Gasteiger partial charge in [0, 0.05) is 26.2 Å². The molecule has 8 nitrogen and oxygen atoms in total. The number of benzene rings is 1. The van der Waals surface area contributed by atoms with E-state index in [1.807, 2.05) is 53.4 Å². The number of aromatic nitrogens is 4. The van der Waals surface area contributed by atoms with Crippen LogP contribution in [0.4, 0.5) is 5.82 Å². The minimum Gasteiger partial charge on any atom is -0.461 e. The third-order valence-corrected chi connectivity index (χ3v) is 5.91. The Morgan fingerprint density at radius 3 is 2.60 bits per heavy atom. The summed E-state index contributed by atoms with van der Waals surface area (Å²) in [7, 11) is 2.70. The first kappa shape index (κ1) is 18.8. The van der Waals surface area contributed by atoms with Gasteiger partial charge in [0.15, 0.2) is 11.4 Å². The lowest BCUT2D eigenvalue weighted by Gasteiger charge is -2.35. The average Bonchev–Trinajstić information content (AvgIpc) is 3.44. The summed E-state index contributed by atoms with van der Waals surface area (Å²) in [5, 5.41) is 14.1. The average molecular weight is 420 g/mol.